The van der Waals surface area contributed by atoms with E-state index in [1.54, 1.807) is 39.8 Å². The van der Waals surface area contributed by atoms with Gasteiger partial charge < -0.3 is 10.2 Å². The number of alkyl halides is 3. The summed E-state index contributed by atoms with van der Waals surface area (Å²) in [5.74, 6) is -1.23. The number of nitrogens with zero attached hydrogens (tertiary/aromatic N) is 2. The van der Waals surface area contributed by atoms with Gasteiger partial charge in [0.15, 0.2) is 0 Å². The van der Waals surface area contributed by atoms with Crippen LogP contribution in [0.4, 0.5) is 18.9 Å². The number of hydrogen-bond acceptors (Lipinski definition) is 4. The molecule has 0 aromatic heterocycles. The average molecular weight is 680 g/mol. The van der Waals surface area contributed by atoms with E-state index < -0.39 is 51.7 Å². The van der Waals surface area contributed by atoms with Gasteiger partial charge >= 0.3 is 6.18 Å². The normalized spacial score (nSPS) is 12.7. The third-order valence-corrected chi connectivity index (χ3v) is 9.38. The number of hydrogen-bond donors (Lipinski definition) is 1. The van der Waals surface area contributed by atoms with Crippen LogP contribution in [0.3, 0.4) is 0 Å². The van der Waals surface area contributed by atoms with Crippen LogP contribution < -0.4 is 9.62 Å². The molecule has 4 rings (SSSR count). The molecule has 48 heavy (non-hydrogen) atoms. The average Bonchev–Trinajstić information content (AvgIpc) is 3.01. The zero-order valence-corrected chi connectivity index (χ0v) is 28.4. The maximum absolute atomic E-state index is 14.5. The highest BCUT2D eigenvalue weighted by Gasteiger charge is 2.37. The van der Waals surface area contributed by atoms with Crippen molar-refractivity contribution in [3.8, 4) is 0 Å². The Hall–Kier alpha value is -4.64. The largest absolute Gasteiger partial charge is 0.416 e. The number of nitrogens with one attached hydrogen (secondary N) is 1. The van der Waals surface area contributed by atoms with Gasteiger partial charge in [-0.1, -0.05) is 83.9 Å². The van der Waals surface area contributed by atoms with Crippen molar-refractivity contribution in [2.24, 2.45) is 0 Å². The van der Waals surface area contributed by atoms with Crippen LogP contribution in [0.5, 0.6) is 0 Å². The molecule has 1 atom stereocenters. The van der Waals surface area contributed by atoms with Crippen molar-refractivity contribution in [1.29, 1.82) is 0 Å². The molecule has 0 saturated carbocycles. The van der Waals surface area contributed by atoms with Crippen molar-refractivity contribution < 1.29 is 31.2 Å². The molecule has 0 spiro atoms. The van der Waals surface area contributed by atoms with Crippen molar-refractivity contribution in [2.75, 3.05) is 10.8 Å². The van der Waals surface area contributed by atoms with E-state index in [1.807, 2.05) is 61.5 Å². The van der Waals surface area contributed by atoms with Gasteiger partial charge in [0.2, 0.25) is 11.8 Å². The maximum Gasteiger partial charge on any atom is 0.416 e. The van der Waals surface area contributed by atoms with Crippen LogP contribution >= 0.6 is 0 Å². The molecule has 0 fully saturated rings. The van der Waals surface area contributed by atoms with Crippen LogP contribution in [0.25, 0.3) is 0 Å². The molecular formula is C37H40F3N3O4S. The van der Waals surface area contributed by atoms with Gasteiger partial charge in [-0.2, -0.15) is 13.2 Å². The first-order valence-corrected chi connectivity index (χ1v) is 16.9. The van der Waals surface area contributed by atoms with Crippen LogP contribution in [-0.2, 0) is 38.8 Å². The predicted octanol–water partition coefficient (Wildman–Crippen LogP) is 7.07. The number of benzene rings is 4. The lowest BCUT2D eigenvalue weighted by molar-refractivity contribution is -0.140. The first-order chi connectivity index (χ1) is 22.4. The zero-order chi connectivity index (χ0) is 35.3. The lowest BCUT2D eigenvalue weighted by Crippen LogP contribution is -2.56. The summed E-state index contributed by atoms with van der Waals surface area (Å²) in [5, 5.41) is 2.95. The van der Waals surface area contributed by atoms with E-state index >= 15 is 0 Å². The molecule has 1 N–H and O–H groups in total. The van der Waals surface area contributed by atoms with E-state index in [9.17, 15) is 31.2 Å². The van der Waals surface area contributed by atoms with Gasteiger partial charge in [-0.15, -0.1) is 0 Å². The van der Waals surface area contributed by atoms with Crippen LogP contribution in [-0.4, -0.2) is 43.3 Å². The van der Waals surface area contributed by atoms with Gasteiger partial charge in [-0.05, 0) is 76.1 Å². The van der Waals surface area contributed by atoms with Gasteiger partial charge in [0.1, 0.15) is 12.6 Å². The number of carbonyl (C=O) groups excluding carboxylic acids is 2. The molecule has 0 heterocycles. The fourth-order valence-electron chi connectivity index (χ4n) is 5.10. The van der Waals surface area contributed by atoms with E-state index in [0.717, 1.165) is 28.8 Å². The standard InChI is InChI=1S/C37H40F3N3O4S/c1-26-14-18-29(19-15-26)24-42(33(35(45)41-36(3,4)5)22-28-10-7-6-8-11-28)34(44)25-43(31-13-9-12-30(23-31)37(38,39)40)48(46,47)32-20-16-27(2)17-21-32/h6-21,23,33H,22,24-25H2,1-5H3,(H,41,45). The minimum absolute atomic E-state index is 0.0603. The monoisotopic (exact) mass is 679 g/mol. The molecule has 254 valence electrons. The number of halogens is 3. The molecule has 0 aliphatic carbocycles. The van der Waals surface area contributed by atoms with Gasteiger partial charge in [-0.3, -0.25) is 13.9 Å². The molecular weight excluding hydrogens is 639 g/mol. The molecule has 0 aliphatic heterocycles. The minimum Gasteiger partial charge on any atom is -0.350 e. The van der Waals surface area contributed by atoms with Crippen LogP contribution in [0.1, 0.15) is 48.6 Å². The molecule has 0 saturated heterocycles. The van der Waals surface area contributed by atoms with Gasteiger partial charge in [0, 0.05) is 18.5 Å². The second kappa shape index (κ2) is 14.6. The third kappa shape index (κ3) is 9.47. The van der Waals surface area contributed by atoms with Crippen molar-refractivity contribution in [3.05, 3.63) is 131 Å². The number of rotatable bonds is 11. The van der Waals surface area contributed by atoms with Crippen LogP contribution in [0.15, 0.2) is 108 Å². The van der Waals surface area contributed by atoms with E-state index in [2.05, 4.69) is 5.32 Å². The van der Waals surface area contributed by atoms with Gasteiger partial charge in [0.05, 0.1) is 16.1 Å². The van der Waals surface area contributed by atoms with E-state index in [-0.39, 0.29) is 23.5 Å². The number of carbonyl (C=O) groups is 2. The summed E-state index contributed by atoms with van der Waals surface area (Å²) in [7, 11) is -4.56. The van der Waals surface area contributed by atoms with Crippen LogP contribution in [0.2, 0.25) is 0 Å². The molecule has 7 nitrogen and oxygen atoms in total. The molecule has 0 bridgehead atoms. The fourth-order valence-corrected chi connectivity index (χ4v) is 6.51. The summed E-state index contributed by atoms with van der Waals surface area (Å²) in [4.78, 5) is 29.6. The Morgan fingerprint density at radius 2 is 1.35 bits per heavy atom. The number of amides is 2. The van der Waals surface area contributed by atoms with Gasteiger partial charge in [0.25, 0.3) is 10.0 Å². The summed E-state index contributed by atoms with van der Waals surface area (Å²) in [5.41, 5.74) is 1.12. The minimum atomic E-state index is -4.76. The number of sulfonamides is 1. The lowest BCUT2D eigenvalue weighted by atomic mass is 10.0. The SMILES string of the molecule is Cc1ccc(CN(C(=O)CN(c2cccc(C(F)(F)F)c2)S(=O)(=O)c2ccc(C)cc2)C(Cc2ccccc2)C(=O)NC(C)(C)C)cc1. The highest BCUT2D eigenvalue weighted by molar-refractivity contribution is 7.92. The fraction of sp³-hybridized carbons (Fsp3) is 0.297. The van der Waals surface area contributed by atoms with E-state index in [0.29, 0.717) is 15.9 Å². The molecule has 0 radical (unpaired) electrons. The Bertz CT molecular complexity index is 1820. The molecule has 0 aliphatic rings. The highest BCUT2D eigenvalue weighted by Crippen LogP contribution is 2.33. The lowest BCUT2D eigenvalue weighted by Gasteiger charge is -2.35. The Morgan fingerprint density at radius 1 is 0.771 bits per heavy atom. The Labute approximate surface area is 280 Å². The van der Waals surface area contributed by atoms with E-state index in [4.69, 9.17) is 0 Å². The van der Waals surface area contributed by atoms with E-state index in [1.165, 1.54) is 23.1 Å². The smallest absolute Gasteiger partial charge is 0.350 e. The Balaban J connectivity index is 1.85. The topological polar surface area (TPSA) is 86.8 Å². The quantitative estimate of drug-likeness (QED) is 0.184. The Morgan fingerprint density at radius 3 is 1.92 bits per heavy atom. The molecule has 4 aromatic rings. The summed E-state index contributed by atoms with van der Waals surface area (Å²) in [6.07, 6.45) is -4.66. The summed E-state index contributed by atoms with van der Waals surface area (Å²) in [6.45, 7) is 8.17. The van der Waals surface area contributed by atoms with Gasteiger partial charge in [-0.25, -0.2) is 8.42 Å². The first-order valence-electron chi connectivity index (χ1n) is 15.4. The van der Waals surface area contributed by atoms with Crippen molar-refractivity contribution in [2.45, 2.75) is 70.2 Å². The predicted molar refractivity (Wildman–Crippen MR) is 181 cm³/mol. The first kappa shape index (κ1) is 36.2. The molecule has 1 unspecified atom stereocenters. The van der Waals surface area contributed by atoms with Crippen molar-refractivity contribution >= 4 is 27.5 Å². The summed E-state index contributed by atoms with van der Waals surface area (Å²) < 4.78 is 70.4. The summed E-state index contributed by atoms with van der Waals surface area (Å²) >= 11 is 0. The van der Waals surface area contributed by atoms with Crippen molar-refractivity contribution in [3.63, 3.8) is 0 Å². The molecule has 4 aromatic carbocycles. The molecule has 11 heteroatoms. The summed E-state index contributed by atoms with van der Waals surface area (Å²) in [6, 6.07) is 25.0. The Kier molecular flexibility index (Phi) is 11.0. The van der Waals surface area contributed by atoms with Crippen molar-refractivity contribution in [1.82, 2.24) is 10.2 Å². The maximum atomic E-state index is 14.5. The number of anilines is 1. The second-order valence-electron chi connectivity index (χ2n) is 12.8. The second-order valence-corrected chi connectivity index (χ2v) is 14.7. The highest BCUT2D eigenvalue weighted by atomic mass is 32.2. The van der Waals surface area contributed by atoms with Crippen LogP contribution in [0, 0.1) is 13.8 Å². The number of aryl methyl sites for hydroxylation is 2. The zero-order valence-electron chi connectivity index (χ0n) is 27.6. The third-order valence-electron chi connectivity index (χ3n) is 7.59. The molecule has 2 amide bonds.